The van der Waals surface area contributed by atoms with Crippen LogP contribution >= 0.6 is 0 Å². The van der Waals surface area contributed by atoms with Crippen molar-refractivity contribution in [1.82, 2.24) is 20.7 Å². The molecule has 0 spiro atoms. The molecule has 0 radical (unpaired) electrons. The molecule has 1 aliphatic rings. The smallest absolute Gasteiger partial charge is 0.243 e. The van der Waals surface area contributed by atoms with Crippen molar-refractivity contribution in [3.05, 3.63) is 60.2 Å². The molecule has 1 aromatic carbocycles. The standard InChI is InChI=1S/C20H20N4O4/c25-18(8-13-10-21-17-6-2-1-5-16(13)17)22-23-20(27)14-9-19(26)24(11-14)12-15-4-3-7-28-15/h1-7,10,14,21H,8-9,11-12H2,(H,22,25)(H,23,27). The van der Waals surface area contributed by atoms with Gasteiger partial charge in [-0.2, -0.15) is 0 Å². The van der Waals surface area contributed by atoms with E-state index < -0.39 is 5.92 Å². The van der Waals surface area contributed by atoms with E-state index in [-0.39, 0.29) is 30.6 Å². The van der Waals surface area contributed by atoms with Gasteiger partial charge in [0.05, 0.1) is 25.1 Å². The van der Waals surface area contributed by atoms with Gasteiger partial charge in [-0.15, -0.1) is 0 Å². The van der Waals surface area contributed by atoms with E-state index in [1.807, 2.05) is 24.3 Å². The minimum absolute atomic E-state index is 0.110. The lowest BCUT2D eigenvalue weighted by molar-refractivity contribution is -0.131. The van der Waals surface area contributed by atoms with Gasteiger partial charge in [0.25, 0.3) is 0 Å². The van der Waals surface area contributed by atoms with Gasteiger partial charge in [-0.25, -0.2) is 0 Å². The summed E-state index contributed by atoms with van der Waals surface area (Å²) in [5.74, 6) is -0.642. The molecule has 144 valence electrons. The summed E-state index contributed by atoms with van der Waals surface area (Å²) in [5.41, 5.74) is 6.67. The van der Waals surface area contributed by atoms with E-state index in [0.29, 0.717) is 18.8 Å². The Morgan fingerprint density at radius 2 is 2.04 bits per heavy atom. The van der Waals surface area contributed by atoms with Crippen LogP contribution < -0.4 is 10.9 Å². The third-order valence-corrected chi connectivity index (χ3v) is 4.86. The van der Waals surface area contributed by atoms with Crippen molar-refractivity contribution in [2.24, 2.45) is 5.92 Å². The predicted octanol–water partition coefficient (Wildman–Crippen LogP) is 1.50. The van der Waals surface area contributed by atoms with Gasteiger partial charge < -0.3 is 14.3 Å². The monoisotopic (exact) mass is 380 g/mol. The molecule has 0 bridgehead atoms. The van der Waals surface area contributed by atoms with Crippen molar-refractivity contribution < 1.29 is 18.8 Å². The fraction of sp³-hybridized carbons (Fsp3) is 0.250. The number of aromatic nitrogens is 1. The lowest BCUT2D eigenvalue weighted by Crippen LogP contribution is -2.45. The van der Waals surface area contributed by atoms with Gasteiger partial charge in [0.1, 0.15) is 5.76 Å². The van der Waals surface area contributed by atoms with Crippen LogP contribution in [0.3, 0.4) is 0 Å². The number of carbonyl (C=O) groups excluding carboxylic acids is 3. The van der Waals surface area contributed by atoms with Gasteiger partial charge in [-0.05, 0) is 23.8 Å². The molecule has 1 aliphatic heterocycles. The number of benzene rings is 1. The van der Waals surface area contributed by atoms with Crippen LogP contribution in [0.25, 0.3) is 10.9 Å². The third kappa shape index (κ3) is 3.75. The molecule has 3 heterocycles. The number of amides is 3. The Morgan fingerprint density at radius 1 is 1.18 bits per heavy atom. The number of nitrogens with one attached hydrogen (secondary N) is 3. The van der Waals surface area contributed by atoms with E-state index in [1.165, 1.54) is 0 Å². The summed E-state index contributed by atoms with van der Waals surface area (Å²) in [6.45, 7) is 0.631. The lowest BCUT2D eigenvalue weighted by atomic mass is 10.1. The Hall–Kier alpha value is -3.55. The molecule has 1 fully saturated rings. The van der Waals surface area contributed by atoms with E-state index in [9.17, 15) is 14.4 Å². The first-order valence-electron chi connectivity index (χ1n) is 9.04. The first kappa shape index (κ1) is 17.8. The van der Waals surface area contributed by atoms with E-state index in [2.05, 4.69) is 15.8 Å². The lowest BCUT2D eigenvalue weighted by Gasteiger charge is -2.15. The summed E-state index contributed by atoms with van der Waals surface area (Å²) in [7, 11) is 0. The van der Waals surface area contributed by atoms with Crippen molar-refractivity contribution >= 4 is 28.6 Å². The SMILES string of the molecule is O=C(Cc1c[nH]c2ccccc12)NNC(=O)C1CC(=O)N(Cc2ccco2)C1. The molecule has 3 aromatic rings. The Bertz CT molecular complexity index is 1010. The third-order valence-electron chi connectivity index (χ3n) is 4.86. The number of H-pyrrole nitrogens is 1. The summed E-state index contributed by atoms with van der Waals surface area (Å²) >= 11 is 0. The molecule has 1 unspecified atom stereocenters. The summed E-state index contributed by atoms with van der Waals surface area (Å²) < 4.78 is 5.24. The van der Waals surface area contributed by atoms with Crippen LogP contribution in [-0.4, -0.2) is 34.2 Å². The fourth-order valence-corrected chi connectivity index (χ4v) is 3.42. The van der Waals surface area contributed by atoms with Crippen molar-refractivity contribution in [2.45, 2.75) is 19.4 Å². The van der Waals surface area contributed by atoms with Crippen molar-refractivity contribution in [3.63, 3.8) is 0 Å². The van der Waals surface area contributed by atoms with Crippen LogP contribution in [0, 0.1) is 5.92 Å². The zero-order valence-corrected chi connectivity index (χ0v) is 15.1. The summed E-state index contributed by atoms with van der Waals surface area (Å²) in [6, 6.07) is 11.2. The topological polar surface area (TPSA) is 107 Å². The minimum Gasteiger partial charge on any atom is -0.467 e. The van der Waals surface area contributed by atoms with Crippen LogP contribution in [0.15, 0.2) is 53.3 Å². The summed E-state index contributed by atoms with van der Waals surface area (Å²) in [4.78, 5) is 41.3. The number of rotatable bonds is 5. The van der Waals surface area contributed by atoms with Crippen molar-refractivity contribution in [3.8, 4) is 0 Å². The number of likely N-dealkylation sites (tertiary alicyclic amines) is 1. The Labute approximate surface area is 160 Å². The van der Waals surface area contributed by atoms with Gasteiger partial charge in [0.15, 0.2) is 0 Å². The normalized spacial score (nSPS) is 16.5. The summed E-state index contributed by atoms with van der Waals surface area (Å²) in [6.07, 6.45) is 3.58. The molecular formula is C20H20N4O4. The molecular weight excluding hydrogens is 360 g/mol. The van der Waals surface area contributed by atoms with Gasteiger partial charge in [-0.1, -0.05) is 18.2 Å². The number of furan rings is 1. The van der Waals surface area contributed by atoms with Crippen LogP contribution in [-0.2, 0) is 27.3 Å². The minimum atomic E-state index is -0.504. The zero-order chi connectivity index (χ0) is 19.5. The molecule has 2 aromatic heterocycles. The average Bonchev–Trinajstić information content (AvgIpc) is 3.42. The van der Waals surface area contributed by atoms with Gasteiger partial charge >= 0.3 is 0 Å². The zero-order valence-electron chi connectivity index (χ0n) is 15.1. The first-order valence-corrected chi connectivity index (χ1v) is 9.04. The number of hydrogen-bond acceptors (Lipinski definition) is 4. The molecule has 1 atom stereocenters. The number of hydrogen-bond donors (Lipinski definition) is 3. The number of para-hydroxylation sites is 1. The van der Waals surface area contributed by atoms with Crippen LogP contribution in [0.5, 0.6) is 0 Å². The number of hydrazine groups is 1. The highest BCUT2D eigenvalue weighted by atomic mass is 16.3. The van der Waals surface area contributed by atoms with Crippen LogP contribution in [0.2, 0.25) is 0 Å². The maximum atomic E-state index is 12.3. The second-order valence-electron chi connectivity index (χ2n) is 6.83. The molecule has 8 nitrogen and oxygen atoms in total. The van der Waals surface area contributed by atoms with Gasteiger partial charge in [-0.3, -0.25) is 25.2 Å². The highest BCUT2D eigenvalue weighted by Crippen LogP contribution is 2.21. The number of fused-ring (bicyclic) bond motifs is 1. The average molecular weight is 380 g/mol. The first-order chi connectivity index (χ1) is 13.6. The fourth-order valence-electron chi connectivity index (χ4n) is 3.42. The second-order valence-corrected chi connectivity index (χ2v) is 6.83. The second kappa shape index (κ2) is 7.59. The van der Waals surface area contributed by atoms with Gasteiger partial charge in [0.2, 0.25) is 17.7 Å². The Morgan fingerprint density at radius 3 is 2.86 bits per heavy atom. The van der Waals surface area contributed by atoms with E-state index in [1.54, 1.807) is 29.5 Å². The molecule has 8 heteroatoms. The number of aromatic amines is 1. The summed E-state index contributed by atoms with van der Waals surface area (Å²) in [5, 5.41) is 0.971. The predicted molar refractivity (Wildman–Crippen MR) is 101 cm³/mol. The van der Waals surface area contributed by atoms with E-state index in [0.717, 1.165) is 16.5 Å². The largest absolute Gasteiger partial charge is 0.467 e. The Balaban J connectivity index is 1.28. The maximum Gasteiger partial charge on any atom is 0.243 e. The molecule has 3 N–H and O–H groups in total. The van der Waals surface area contributed by atoms with Gasteiger partial charge in [0, 0.05) is 30.1 Å². The maximum absolute atomic E-state index is 12.3. The highest BCUT2D eigenvalue weighted by molar-refractivity contribution is 5.92. The number of carbonyl (C=O) groups is 3. The molecule has 0 saturated carbocycles. The molecule has 28 heavy (non-hydrogen) atoms. The number of nitrogens with zero attached hydrogens (tertiary/aromatic N) is 1. The van der Waals surface area contributed by atoms with Crippen molar-refractivity contribution in [2.75, 3.05) is 6.54 Å². The molecule has 4 rings (SSSR count). The van der Waals surface area contributed by atoms with Crippen LogP contribution in [0.4, 0.5) is 0 Å². The highest BCUT2D eigenvalue weighted by Gasteiger charge is 2.34. The quantitative estimate of drug-likeness (QED) is 0.583. The van der Waals surface area contributed by atoms with E-state index in [4.69, 9.17) is 4.42 Å². The molecule has 1 saturated heterocycles. The molecule has 0 aliphatic carbocycles. The molecule has 3 amide bonds. The van der Waals surface area contributed by atoms with Crippen molar-refractivity contribution in [1.29, 1.82) is 0 Å². The van der Waals surface area contributed by atoms with E-state index >= 15 is 0 Å². The Kier molecular flexibility index (Phi) is 4.84. The van der Waals surface area contributed by atoms with Crippen LogP contribution in [0.1, 0.15) is 17.7 Å².